The maximum Gasteiger partial charge on any atom is 0.253 e. The van der Waals surface area contributed by atoms with Crippen molar-refractivity contribution >= 4 is 11.6 Å². The van der Waals surface area contributed by atoms with Gasteiger partial charge in [0.2, 0.25) is 0 Å². The molecule has 29 heavy (non-hydrogen) atoms. The van der Waals surface area contributed by atoms with Crippen molar-refractivity contribution in [3.63, 3.8) is 0 Å². The van der Waals surface area contributed by atoms with E-state index in [1.807, 2.05) is 0 Å². The molecule has 1 aromatic heterocycles. The fourth-order valence-electron chi connectivity index (χ4n) is 3.91. The molecule has 1 amide bonds. The molecule has 0 aliphatic carbocycles. The van der Waals surface area contributed by atoms with Gasteiger partial charge in [-0.2, -0.15) is 0 Å². The number of carbonyl (C=O) groups is 1. The van der Waals surface area contributed by atoms with Gasteiger partial charge in [0.25, 0.3) is 5.91 Å². The second-order valence-electron chi connectivity index (χ2n) is 7.78. The van der Waals surface area contributed by atoms with Crippen LogP contribution in [0.15, 0.2) is 42.7 Å². The van der Waals surface area contributed by atoms with Crippen LogP contribution >= 0.6 is 0 Å². The van der Waals surface area contributed by atoms with Gasteiger partial charge in [-0.15, -0.1) is 0 Å². The number of rotatable bonds is 7. The zero-order valence-corrected chi connectivity index (χ0v) is 16.5. The SMILES string of the molecule is O=C(NC[C@H](O)CN1CCc2ccccc2C1)c1cncc(NC2CCOC2)c1. The standard InChI is InChI=1S/C22H28N4O3/c27-21(14-26-7-5-16-3-1-2-4-17(16)13-26)12-24-22(28)18-9-20(11-23-10-18)25-19-6-8-29-15-19/h1-4,9-11,19,21,25,27H,5-8,12-15H2,(H,24,28)/t19?,21-/m0/s1. The van der Waals surface area contributed by atoms with Gasteiger partial charge in [0.1, 0.15) is 0 Å². The topological polar surface area (TPSA) is 86.7 Å². The van der Waals surface area contributed by atoms with E-state index in [-0.39, 0.29) is 18.5 Å². The lowest BCUT2D eigenvalue weighted by Gasteiger charge is -2.30. The number of ether oxygens (including phenoxy) is 1. The molecule has 154 valence electrons. The zero-order valence-electron chi connectivity index (χ0n) is 16.5. The van der Waals surface area contributed by atoms with Crippen LogP contribution in [0, 0.1) is 0 Å². The van der Waals surface area contributed by atoms with Crippen LogP contribution in [0.4, 0.5) is 5.69 Å². The molecule has 7 nitrogen and oxygen atoms in total. The lowest BCUT2D eigenvalue weighted by molar-refractivity contribution is 0.0841. The predicted molar refractivity (Wildman–Crippen MR) is 111 cm³/mol. The number of fused-ring (bicyclic) bond motifs is 1. The Bertz CT molecular complexity index is 838. The summed E-state index contributed by atoms with van der Waals surface area (Å²) in [7, 11) is 0. The number of nitrogens with zero attached hydrogens (tertiary/aromatic N) is 2. The molecule has 0 saturated carbocycles. The third kappa shape index (κ3) is 5.32. The van der Waals surface area contributed by atoms with Crippen LogP contribution in [0.2, 0.25) is 0 Å². The van der Waals surface area contributed by atoms with Gasteiger partial charge in [-0.3, -0.25) is 14.7 Å². The van der Waals surface area contributed by atoms with E-state index in [0.717, 1.165) is 38.2 Å². The molecule has 1 aromatic carbocycles. The van der Waals surface area contributed by atoms with Gasteiger partial charge in [0.15, 0.2) is 0 Å². The lowest BCUT2D eigenvalue weighted by Crippen LogP contribution is -2.42. The summed E-state index contributed by atoms with van der Waals surface area (Å²) in [6.45, 7) is 3.94. The predicted octanol–water partition coefficient (Wildman–Crippen LogP) is 1.43. The first-order valence-corrected chi connectivity index (χ1v) is 10.2. The fraction of sp³-hybridized carbons (Fsp3) is 0.455. The first-order valence-electron chi connectivity index (χ1n) is 10.2. The molecular formula is C22H28N4O3. The summed E-state index contributed by atoms with van der Waals surface area (Å²) in [5, 5.41) is 16.6. The molecule has 1 unspecified atom stereocenters. The monoisotopic (exact) mass is 396 g/mol. The summed E-state index contributed by atoms with van der Waals surface area (Å²) < 4.78 is 5.36. The average Bonchev–Trinajstić information content (AvgIpc) is 3.25. The molecule has 2 atom stereocenters. The summed E-state index contributed by atoms with van der Waals surface area (Å²) in [4.78, 5) is 18.9. The van der Waals surface area contributed by atoms with Crippen LogP contribution in [-0.4, -0.2) is 65.9 Å². The molecule has 3 N–H and O–H groups in total. The van der Waals surface area contributed by atoms with Crippen molar-refractivity contribution in [2.75, 3.05) is 38.2 Å². The third-order valence-corrected chi connectivity index (χ3v) is 5.48. The number of aliphatic hydroxyl groups excluding tert-OH is 1. The van der Waals surface area contributed by atoms with Gasteiger partial charge in [0, 0.05) is 45.2 Å². The highest BCUT2D eigenvalue weighted by molar-refractivity contribution is 5.94. The van der Waals surface area contributed by atoms with E-state index in [1.54, 1.807) is 18.5 Å². The van der Waals surface area contributed by atoms with Crippen molar-refractivity contribution in [3.8, 4) is 0 Å². The number of pyridine rings is 1. The summed E-state index contributed by atoms with van der Waals surface area (Å²) in [6, 6.07) is 10.5. The quantitative estimate of drug-likeness (QED) is 0.656. The van der Waals surface area contributed by atoms with Gasteiger partial charge in [-0.25, -0.2) is 0 Å². The van der Waals surface area contributed by atoms with Gasteiger partial charge in [0.05, 0.1) is 30.0 Å². The molecule has 1 fully saturated rings. The van der Waals surface area contributed by atoms with Crippen molar-refractivity contribution in [3.05, 3.63) is 59.4 Å². The van der Waals surface area contributed by atoms with Crippen molar-refractivity contribution < 1.29 is 14.6 Å². The van der Waals surface area contributed by atoms with E-state index in [1.165, 1.54) is 11.1 Å². The largest absolute Gasteiger partial charge is 0.390 e. The summed E-state index contributed by atoms with van der Waals surface area (Å²) in [5.74, 6) is -0.230. The number of benzene rings is 1. The number of hydrogen-bond acceptors (Lipinski definition) is 6. The van der Waals surface area contributed by atoms with Crippen LogP contribution in [0.1, 0.15) is 27.9 Å². The fourth-order valence-corrected chi connectivity index (χ4v) is 3.91. The summed E-state index contributed by atoms with van der Waals surface area (Å²) in [6.07, 6.45) is 4.57. The number of hydrogen-bond donors (Lipinski definition) is 3. The molecule has 0 spiro atoms. The Labute approximate surface area is 171 Å². The minimum atomic E-state index is -0.617. The number of aromatic nitrogens is 1. The van der Waals surface area contributed by atoms with Gasteiger partial charge in [-0.1, -0.05) is 24.3 Å². The van der Waals surface area contributed by atoms with E-state index in [2.05, 4.69) is 44.8 Å². The minimum absolute atomic E-state index is 0.213. The molecule has 2 aliphatic heterocycles. The van der Waals surface area contributed by atoms with Crippen molar-refractivity contribution in [2.45, 2.75) is 31.5 Å². The second-order valence-corrected chi connectivity index (χ2v) is 7.78. The van der Waals surface area contributed by atoms with Crippen molar-refractivity contribution in [2.24, 2.45) is 0 Å². The number of aliphatic hydroxyl groups is 1. The van der Waals surface area contributed by atoms with Gasteiger partial charge >= 0.3 is 0 Å². The Hall–Kier alpha value is -2.48. The minimum Gasteiger partial charge on any atom is -0.390 e. The number of anilines is 1. The Kier molecular flexibility index (Phi) is 6.39. The first kappa shape index (κ1) is 19.8. The smallest absolute Gasteiger partial charge is 0.253 e. The van der Waals surface area contributed by atoms with E-state index in [9.17, 15) is 9.90 Å². The molecular weight excluding hydrogens is 368 g/mol. The molecule has 4 rings (SSSR count). The Morgan fingerprint density at radius 2 is 2.17 bits per heavy atom. The van der Waals surface area contributed by atoms with Gasteiger partial charge < -0.3 is 20.5 Å². The van der Waals surface area contributed by atoms with Crippen LogP contribution in [0.3, 0.4) is 0 Å². The van der Waals surface area contributed by atoms with Crippen molar-refractivity contribution in [1.82, 2.24) is 15.2 Å². The number of nitrogens with one attached hydrogen (secondary N) is 2. The highest BCUT2D eigenvalue weighted by Crippen LogP contribution is 2.18. The average molecular weight is 396 g/mol. The molecule has 0 radical (unpaired) electrons. The number of carbonyl (C=O) groups excluding carboxylic acids is 1. The summed E-state index contributed by atoms with van der Waals surface area (Å²) in [5.41, 5.74) is 3.99. The molecule has 0 bridgehead atoms. The first-order chi connectivity index (χ1) is 14.2. The Balaban J connectivity index is 1.25. The molecule has 3 heterocycles. The number of amides is 1. The molecule has 1 saturated heterocycles. The van der Waals surface area contributed by atoms with E-state index in [0.29, 0.717) is 18.7 Å². The Morgan fingerprint density at radius 3 is 3.00 bits per heavy atom. The number of β-amino-alcohol motifs (C(OH)–C–C–N with tert-alkyl or cyclic N) is 1. The van der Waals surface area contributed by atoms with Gasteiger partial charge in [-0.05, 0) is 30.0 Å². The van der Waals surface area contributed by atoms with Crippen LogP contribution in [0.5, 0.6) is 0 Å². The van der Waals surface area contributed by atoms with Crippen LogP contribution in [0.25, 0.3) is 0 Å². The van der Waals surface area contributed by atoms with E-state index >= 15 is 0 Å². The zero-order chi connectivity index (χ0) is 20.1. The van der Waals surface area contributed by atoms with E-state index in [4.69, 9.17) is 4.74 Å². The Morgan fingerprint density at radius 1 is 1.31 bits per heavy atom. The second kappa shape index (κ2) is 9.35. The molecule has 2 aliphatic rings. The van der Waals surface area contributed by atoms with E-state index < -0.39 is 6.10 Å². The highest BCUT2D eigenvalue weighted by Gasteiger charge is 2.19. The third-order valence-electron chi connectivity index (χ3n) is 5.48. The normalized spacial score (nSPS) is 20.1. The van der Waals surface area contributed by atoms with Crippen LogP contribution in [-0.2, 0) is 17.7 Å². The molecule has 2 aromatic rings. The molecule has 7 heteroatoms. The maximum atomic E-state index is 12.5. The lowest BCUT2D eigenvalue weighted by atomic mass is 10.00. The van der Waals surface area contributed by atoms with Crippen LogP contribution < -0.4 is 10.6 Å². The van der Waals surface area contributed by atoms with Crippen molar-refractivity contribution in [1.29, 1.82) is 0 Å². The summed E-state index contributed by atoms with van der Waals surface area (Å²) >= 11 is 0. The highest BCUT2D eigenvalue weighted by atomic mass is 16.5. The maximum absolute atomic E-state index is 12.5.